The molecule has 19 heteroatoms. The van der Waals surface area contributed by atoms with Crippen LogP contribution in [0.15, 0.2) is 35.8 Å². The molecule has 4 fully saturated rings. The van der Waals surface area contributed by atoms with Crippen molar-refractivity contribution in [1.82, 2.24) is 35.2 Å². The number of thiazole rings is 1. The molecule has 398 valence electrons. The number of likely N-dealkylation sites (N-methyl/N-ethyl adjacent to an activating group) is 1. The zero-order valence-electron chi connectivity index (χ0n) is 43.7. The minimum atomic E-state index is -2.87. The average Bonchev–Trinajstić information content (AvgIpc) is 3.67. The van der Waals surface area contributed by atoms with Crippen LogP contribution in [0.25, 0.3) is 33.4 Å². The van der Waals surface area contributed by atoms with Crippen molar-refractivity contribution in [2.45, 2.75) is 117 Å². The van der Waals surface area contributed by atoms with Crippen LogP contribution >= 0.6 is 11.3 Å². The summed E-state index contributed by atoms with van der Waals surface area (Å²) in [6, 6.07) is 6.13. The molecule has 7 atom stereocenters. The second-order valence-corrected chi connectivity index (χ2v) is 22.7. The number of nitrogens with zero attached hydrogens (tertiary/aromatic N) is 6. The van der Waals surface area contributed by atoms with Gasteiger partial charge in [0, 0.05) is 98.3 Å². The summed E-state index contributed by atoms with van der Waals surface area (Å²) in [7, 11) is 3.83. The lowest BCUT2D eigenvalue weighted by atomic mass is 9.84. The second-order valence-electron chi connectivity index (χ2n) is 21.9. The van der Waals surface area contributed by atoms with E-state index < -0.39 is 48.5 Å². The maximum Gasteiger partial charge on any atom is 0.324 e. The van der Waals surface area contributed by atoms with E-state index >= 15 is 0 Å². The van der Waals surface area contributed by atoms with Gasteiger partial charge in [-0.15, -0.1) is 11.3 Å². The number of alkyl halides is 2. The first-order valence-electron chi connectivity index (χ1n) is 26.2. The average molecular weight is 1030 g/mol. The van der Waals surface area contributed by atoms with Gasteiger partial charge in [0.2, 0.25) is 5.91 Å². The predicted molar refractivity (Wildman–Crippen MR) is 275 cm³/mol. The van der Waals surface area contributed by atoms with Gasteiger partial charge in [-0.2, -0.15) is 0 Å². The number of rotatable bonds is 14. The maximum absolute atomic E-state index is 14.8. The molecule has 3 aromatic heterocycles. The zero-order chi connectivity index (χ0) is 51.7. The molecule has 6 bridgehead atoms. The van der Waals surface area contributed by atoms with E-state index in [4.69, 9.17) is 33.7 Å². The summed E-state index contributed by atoms with van der Waals surface area (Å²) < 4.78 is 61.2. The lowest BCUT2D eigenvalue weighted by Crippen LogP contribution is -2.61. The smallest absolute Gasteiger partial charge is 0.324 e. The molecule has 3 saturated heterocycles. The molecule has 5 aliphatic rings. The Labute approximate surface area is 431 Å². The van der Waals surface area contributed by atoms with Gasteiger partial charge in [-0.3, -0.25) is 24.4 Å². The van der Waals surface area contributed by atoms with Crippen LogP contribution in [0, 0.1) is 29.1 Å². The van der Waals surface area contributed by atoms with Gasteiger partial charge in [0.05, 0.1) is 54.4 Å². The van der Waals surface area contributed by atoms with Gasteiger partial charge in [-0.1, -0.05) is 40.7 Å². The molecule has 4 aliphatic heterocycles. The fraction of sp³-hybridized carbons (Fsp3) is 0.648. The van der Waals surface area contributed by atoms with Gasteiger partial charge in [0.15, 0.2) is 0 Å². The molecule has 2 amide bonds. The Morgan fingerprint density at radius 1 is 1.04 bits per heavy atom. The number of anilines is 1. The molecular formula is C54H74F2N8O8S. The number of carbonyl (C=O) groups excluding carboxylic acids is 3. The van der Waals surface area contributed by atoms with Crippen LogP contribution in [0.4, 0.5) is 14.5 Å². The van der Waals surface area contributed by atoms with Crippen LogP contribution < -0.4 is 15.6 Å². The number of amides is 2. The van der Waals surface area contributed by atoms with Crippen molar-refractivity contribution in [2.24, 2.45) is 29.1 Å². The minimum absolute atomic E-state index is 0.0613. The van der Waals surface area contributed by atoms with Crippen molar-refractivity contribution in [3.8, 4) is 22.5 Å². The molecule has 7 heterocycles. The van der Waals surface area contributed by atoms with Crippen LogP contribution in [-0.4, -0.2) is 147 Å². The molecule has 0 unspecified atom stereocenters. The quantitative estimate of drug-likeness (QED) is 0.120. The summed E-state index contributed by atoms with van der Waals surface area (Å²) in [4.78, 5) is 58.1. The minimum Gasteiger partial charge on any atom is -0.464 e. The zero-order valence-corrected chi connectivity index (χ0v) is 44.5. The molecule has 2 N–H and O–H groups in total. The van der Waals surface area contributed by atoms with Gasteiger partial charge in [0.1, 0.15) is 29.8 Å². The largest absolute Gasteiger partial charge is 0.464 e. The topological polar surface area (TPSA) is 162 Å². The molecule has 0 radical (unpaired) electrons. The third-order valence-corrected chi connectivity index (χ3v) is 16.5. The van der Waals surface area contributed by atoms with Gasteiger partial charge < -0.3 is 43.4 Å². The fourth-order valence-electron chi connectivity index (χ4n) is 11.4. The fourth-order valence-corrected chi connectivity index (χ4v) is 12.4. The molecule has 16 nitrogen and oxygen atoms in total. The van der Waals surface area contributed by atoms with Gasteiger partial charge in [-0.25, -0.2) is 19.2 Å². The number of halogens is 2. The lowest BCUT2D eigenvalue weighted by Gasteiger charge is -2.37. The number of pyridine rings is 1. The number of benzene rings is 1. The van der Waals surface area contributed by atoms with Crippen LogP contribution in [0.5, 0.6) is 0 Å². The van der Waals surface area contributed by atoms with E-state index in [1.54, 1.807) is 7.11 Å². The highest BCUT2D eigenvalue weighted by molar-refractivity contribution is 7.10. The van der Waals surface area contributed by atoms with E-state index in [1.165, 1.54) is 16.3 Å². The first-order valence-corrected chi connectivity index (χ1v) is 27.1. The lowest BCUT2D eigenvalue weighted by molar-refractivity contribution is -0.157. The second kappa shape index (κ2) is 22.7. The SMILES string of the molecule is CO[C@@H](C)c1ncc(N2CCN(C)CC2)cc1-c1c2c3cc(ccc3n1CCOC1CCOCC1)-c1csc(n1)[C@@H](OCC(F)F)[C@H](NC(=O)[C@H]1[C@H](C)[C@@H]1C(C)C)C(=O)N1CCC[C@H](N1)C(=O)OCC(C)(C)C2. The standard InChI is InChI=1S/C54H74F2N8O8S/c1-31(2)44-32(3)45(44)50(65)59-47-49(71-28-43(55)56)51-58-41(29-73-51)34-11-12-42-37(24-34)39(26-54(5,6)30-72-53(67)40-10-9-15-64(60-40)52(47)66)48(63(42)20-23-70-36-13-21-69-22-14-36)38-25-35(27-57-46(38)33(4)68-8)62-18-16-61(7)17-19-62/h11-12,24-25,27,29,31-33,36,40,43-45,47,49,60H,9-10,13-23,26,28,30H2,1-8H3,(H,59,65)/t32-,33+,40+,44+,45+,47+,49+/m1/s1. The van der Waals surface area contributed by atoms with E-state index in [0.717, 1.165) is 83.7 Å². The van der Waals surface area contributed by atoms with Crippen LogP contribution in [0.2, 0.25) is 0 Å². The number of carbonyl (C=O) groups is 3. The number of ether oxygens (including phenoxy) is 5. The molecule has 1 aromatic carbocycles. The summed E-state index contributed by atoms with van der Waals surface area (Å²) in [5.41, 5.74) is 9.46. The van der Waals surface area contributed by atoms with Crippen LogP contribution in [-0.2, 0) is 51.0 Å². The van der Waals surface area contributed by atoms with E-state index in [0.29, 0.717) is 51.3 Å². The Hall–Kier alpha value is -4.63. The predicted octanol–water partition coefficient (Wildman–Crippen LogP) is 7.45. The highest BCUT2D eigenvalue weighted by atomic mass is 32.1. The van der Waals surface area contributed by atoms with Crippen molar-refractivity contribution in [1.29, 1.82) is 0 Å². The van der Waals surface area contributed by atoms with Crippen molar-refractivity contribution in [3.63, 3.8) is 0 Å². The Bertz CT molecular complexity index is 2590. The van der Waals surface area contributed by atoms with Crippen LogP contribution in [0.3, 0.4) is 0 Å². The van der Waals surface area contributed by atoms with Crippen molar-refractivity contribution >= 4 is 45.7 Å². The summed E-state index contributed by atoms with van der Waals surface area (Å²) in [6.07, 6.45) is 0.399. The van der Waals surface area contributed by atoms with E-state index in [2.05, 4.69) is 78.1 Å². The molecule has 1 saturated carbocycles. The number of hydrogen-bond acceptors (Lipinski definition) is 14. The van der Waals surface area contributed by atoms with Crippen LogP contribution in [0.1, 0.15) is 95.7 Å². The van der Waals surface area contributed by atoms with Crippen molar-refractivity contribution in [2.75, 3.05) is 84.8 Å². The van der Waals surface area contributed by atoms with Gasteiger partial charge in [-0.05, 0) is 87.6 Å². The molecule has 1 aliphatic carbocycles. The number of methoxy groups -OCH3 is 1. The number of aromatic nitrogens is 3. The Kier molecular flexibility index (Phi) is 16.5. The van der Waals surface area contributed by atoms with Crippen molar-refractivity contribution in [3.05, 3.63) is 52.1 Å². The highest BCUT2D eigenvalue weighted by Gasteiger charge is 2.54. The van der Waals surface area contributed by atoms with E-state index in [1.807, 2.05) is 31.5 Å². The molecule has 4 aromatic rings. The Morgan fingerprint density at radius 3 is 2.52 bits per heavy atom. The molecule has 73 heavy (non-hydrogen) atoms. The van der Waals surface area contributed by atoms with Crippen molar-refractivity contribution < 1.29 is 46.8 Å². The number of piperazine rings is 1. The number of nitrogens with one attached hydrogen (secondary N) is 2. The number of fused-ring (bicyclic) bond motifs is 6. The number of esters is 1. The number of hydrogen-bond donors (Lipinski definition) is 2. The third-order valence-electron chi connectivity index (χ3n) is 15.6. The van der Waals surface area contributed by atoms with Gasteiger partial charge >= 0.3 is 5.97 Å². The summed E-state index contributed by atoms with van der Waals surface area (Å²) in [5, 5.41) is 7.31. The molecule has 9 rings (SSSR count). The van der Waals surface area contributed by atoms with E-state index in [-0.39, 0.29) is 59.9 Å². The summed E-state index contributed by atoms with van der Waals surface area (Å²) in [5.74, 6) is -1.48. The highest BCUT2D eigenvalue weighted by Crippen LogP contribution is 2.51. The molecule has 0 spiro atoms. The normalized spacial score (nSPS) is 25.8. The molecular weight excluding hydrogens is 959 g/mol. The summed E-state index contributed by atoms with van der Waals surface area (Å²) >= 11 is 1.18. The number of cyclic esters (lactones) is 1. The monoisotopic (exact) mass is 1030 g/mol. The summed E-state index contributed by atoms with van der Waals surface area (Å²) in [6.45, 7) is 17.4. The first-order chi connectivity index (χ1) is 35.0. The maximum atomic E-state index is 14.8. The first kappa shape index (κ1) is 53.2. The number of hydrazine groups is 1. The van der Waals surface area contributed by atoms with E-state index in [9.17, 15) is 23.2 Å². The Balaban J connectivity index is 1.21. The Morgan fingerprint density at radius 2 is 1.81 bits per heavy atom. The van der Waals surface area contributed by atoms with Gasteiger partial charge in [0.25, 0.3) is 12.3 Å². The third kappa shape index (κ3) is 11.8.